The second-order valence-corrected chi connectivity index (χ2v) is 8.11. The van der Waals surface area contributed by atoms with Gasteiger partial charge in [0.25, 0.3) is 0 Å². The molecule has 1 aliphatic heterocycles. The lowest BCUT2D eigenvalue weighted by Gasteiger charge is -2.37. The number of rotatable bonds is 8. The predicted molar refractivity (Wildman–Crippen MR) is 133 cm³/mol. The van der Waals surface area contributed by atoms with Crippen molar-refractivity contribution in [1.29, 1.82) is 0 Å². The molecule has 0 radical (unpaired) electrons. The maximum Gasteiger partial charge on any atom is 0.193 e. The van der Waals surface area contributed by atoms with Crippen LogP contribution in [0.15, 0.2) is 23.2 Å². The number of ether oxygens (including phenoxy) is 2. The van der Waals surface area contributed by atoms with Crippen molar-refractivity contribution in [3.05, 3.63) is 23.8 Å². The van der Waals surface area contributed by atoms with Crippen LogP contribution in [0.25, 0.3) is 0 Å². The molecular formula is C22H38IN5O2. The number of benzene rings is 1. The van der Waals surface area contributed by atoms with Gasteiger partial charge in [-0.05, 0) is 45.0 Å². The third-order valence-corrected chi connectivity index (χ3v) is 6.14. The molecule has 0 amide bonds. The smallest absolute Gasteiger partial charge is 0.193 e. The molecule has 1 saturated carbocycles. The van der Waals surface area contributed by atoms with Crippen molar-refractivity contribution in [2.45, 2.75) is 38.4 Å². The monoisotopic (exact) mass is 531 g/mol. The first kappa shape index (κ1) is 25.0. The molecule has 0 aromatic heterocycles. The number of aliphatic imine (C=N–C) groups is 1. The first-order chi connectivity index (χ1) is 14.0. The Labute approximate surface area is 198 Å². The molecule has 0 spiro atoms. The first-order valence-corrected chi connectivity index (χ1v) is 10.7. The average Bonchev–Trinajstić information content (AvgIpc) is 3.60. The number of likely N-dealkylation sites (N-methyl/N-ethyl adjacent to an activating group) is 1. The number of nitrogens with one attached hydrogen (secondary N) is 1. The Hall–Kier alpha value is -1.26. The highest BCUT2D eigenvalue weighted by molar-refractivity contribution is 14.0. The van der Waals surface area contributed by atoms with Crippen molar-refractivity contribution in [2.24, 2.45) is 4.99 Å². The van der Waals surface area contributed by atoms with E-state index in [0.717, 1.165) is 62.8 Å². The van der Waals surface area contributed by atoms with Gasteiger partial charge >= 0.3 is 0 Å². The topological polar surface area (TPSA) is 52.6 Å². The van der Waals surface area contributed by atoms with Crippen LogP contribution in [0.3, 0.4) is 0 Å². The lowest BCUT2D eigenvalue weighted by molar-refractivity contribution is 0.169. The van der Waals surface area contributed by atoms with E-state index in [-0.39, 0.29) is 24.0 Å². The molecule has 1 unspecified atom stereocenters. The van der Waals surface area contributed by atoms with E-state index >= 15 is 0 Å². The van der Waals surface area contributed by atoms with Gasteiger partial charge in [-0.2, -0.15) is 0 Å². The quantitative estimate of drug-likeness (QED) is 0.316. The first-order valence-electron chi connectivity index (χ1n) is 10.7. The maximum atomic E-state index is 5.53. The summed E-state index contributed by atoms with van der Waals surface area (Å²) in [5.74, 6) is 2.80. The van der Waals surface area contributed by atoms with Crippen molar-refractivity contribution in [3.63, 3.8) is 0 Å². The van der Waals surface area contributed by atoms with E-state index in [9.17, 15) is 0 Å². The van der Waals surface area contributed by atoms with Gasteiger partial charge in [0.05, 0.1) is 14.2 Å². The summed E-state index contributed by atoms with van der Waals surface area (Å²) in [7, 11) is 7.54. The Bertz CT molecular complexity index is 690. The zero-order chi connectivity index (χ0) is 20.8. The van der Waals surface area contributed by atoms with Crippen molar-refractivity contribution >= 4 is 29.9 Å². The Balaban J connectivity index is 0.00000320. The molecule has 0 bridgehead atoms. The summed E-state index contributed by atoms with van der Waals surface area (Å²) in [6.45, 7) is 8.03. The minimum absolute atomic E-state index is 0. The Morgan fingerprint density at radius 3 is 2.47 bits per heavy atom. The lowest BCUT2D eigenvalue weighted by atomic mass is 10.1. The van der Waals surface area contributed by atoms with Crippen molar-refractivity contribution < 1.29 is 9.47 Å². The van der Waals surface area contributed by atoms with E-state index in [2.05, 4.69) is 45.0 Å². The molecule has 1 saturated heterocycles. The summed E-state index contributed by atoms with van der Waals surface area (Å²) in [6.07, 6.45) is 2.69. The van der Waals surface area contributed by atoms with Crippen LogP contribution in [0.5, 0.6) is 11.5 Å². The maximum absolute atomic E-state index is 5.53. The number of nitrogens with zero attached hydrogens (tertiary/aromatic N) is 4. The zero-order valence-electron chi connectivity index (χ0n) is 19.1. The molecule has 8 heteroatoms. The molecule has 1 heterocycles. The second kappa shape index (κ2) is 12.0. The highest BCUT2D eigenvalue weighted by Crippen LogP contribution is 2.27. The number of halogens is 1. The van der Waals surface area contributed by atoms with Gasteiger partial charge in [0.2, 0.25) is 0 Å². The minimum Gasteiger partial charge on any atom is -0.497 e. The van der Waals surface area contributed by atoms with Crippen molar-refractivity contribution in [3.8, 4) is 11.5 Å². The zero-order valence-corrected chi connectivity index (χ0v) is 21.4. The SMILES string of the molecule is CN=C(NCC(C)N(C)C1CC1)N1CCN(Cc2cc(OC)ccc2OC)CC1.I. The summed E-state index contributed by atoms with van der Waals surface area (Å²) in [6, 6.07) is 7.30. The Kier molecular flexibility index (Phi) is 9.96. The van der Waals surface area contributed by atoms with E-state index in [4.69, 9.17) is 9.47 Å². The van der Waals surface area contributed by atoms with Crippen LogP contribution in [-0.2, 0) is 6.54 Å². The molecule has 1 aromatic rings. The molecule has 3 rings (SSSR count). The molecule has 1 atom stereocenters. The van der Waals surface area contributed by atoms with Crippen LogP contribution < -0.4 is 14.8 Å². The van der Waals surface area contributed by atoms with Crippen molar-refractivity contribution in [2.75, 3.05) is 61.0 Å². The van der Waals surface area contributed by atoms with Crippen LogP contribution in [0, 0.1) is 0 Å². The van der Waals surface area contributed by atoms with Gasteiger partial charge in [-0.25, -0.2) is 0 Å². The summed E-state index contributed by atoms with van der Waals surface area (Å²) < 4.78 is 10.9. The van der Waals surface area contributed by atoms with Gasteiger partial charge in [0.1, 0.15) is 11.5 Å². The van der Waals surface area contributed by atoms with E-state index < -0.39 is 0 Å². The van der Waals surface area contributed by atoms with Gasteiger partial charge in [0, 0.05) is 64.0 Å². The molecular weight excluding hydrogens is 493 g/mol. The molecule has 7 nitrogen and oxygen atoms in total. The Morgan fingerprint density at radius 1 is 1.20 bits per heavy atom. The normalized spacial score (nSPS) is 18.7. The van der Waals surface area contributed by atoms with Gasteiger partial charge < -0.3 is 19.7 Å². The van der Waals surface area contributed by atoms with Crippen LogP contribution in [0.2, 0.25) is 0 Å². The number of methoxy groups -OCH3 is 2. The minimum atomic E-state index is 0. The standard InChI is InChI=1S/C22H37N5O2.HI/c1-17(25(3)19-6-7-19)15-24-22(23-2)27-12-10-26(11-13-27)16-18-14-20(28-4)8-9-21(18)29-5;/h8-9,14,17,19H,6-7,10-13,15-16H2,1-5H3,(H,23,24);1H. The fourth-order valence-corrected chi connectivity index (χ4v) is 3.92. The van der Waals surface area contributed by atoms with Gasteiger partial charge in [-0.1, -0.05) is 0 Å². The van der Waals surface area contributed by atoms with Crippen LogP contribution in [0.4, 0.5) is 0 Å². The molecule has 30 heavy (non-hydrogen) atoms. The van der Waals surface area contributed by atoms with E-state index in [1.165, 1.54) is 18.4 Å². The molecule has 2 fully saturated rings. The number of piperazine rings is 1. The van der Waals surface area contributed by atoms with Crippen LogP contribution in [0.1, 0.15) is 25.3 Å². The number of hydrogen-bond acceptors (Lipinski definition) is 5. The van der Waals surface area contributed by atoms with Gasteiger partial charge in [0.15, 0.2) is 5.96 Å². The largest absolute Gasteiger partial charge is 0.497 e. The van der Waals surface area contributed by atoms with E-state index in [0.29, 0.717) is 6.04 Å². The molecule has 2 aliphatic rings. The van der Waals surface area contributed by atoms with Gasteiger partial charge in [-0.15, -0.1) is 24.0 Å². The van der Waals surface area contributed by atoms with Crippen molar-refractivity contribution in [1.82, 2.24) is 20.0 Å². The highest BCUT2D eigenvalue weighted by atomic mass is 127. The fraction of sp³-hybridized carbons (Fsp3) is 0.682. The molecule has 1 aromatic carbocycles. The van der Waals surface area contributed by atoms with Crippen LogP contribution in [-0.4, -0.2) is 93.8 Å². The predicted octanol–water partition coefficient (Wildman–Crippen LogP) is 2.50. The average molecular weight is 531 g/mol. The summed E-state index contributed by atoms with van der Waals surface area (Å²) in [4.78, 5) is 11.8. The molecule has 170 valence electrons. The second-order valence-electron chi connectivity index (χ2n) is 8.11. The van der Waals surface area contributed by atoms with E-state index in [1.54, 1.807) is 14.2 Å². The molecule has 1 N–H and O–H groups in total. The summed E-state index contributed by atoms with van der Waals surface area (Å²) in [5, 5.41) is 3.58. The third-order valence-electron chi connectivity index (χ3n) is 6.14. The lowest BCUT2D eigenvalue weighted by Crippen LogP contribution is -2.53. The summed E-state index contributed by atoms with van der Waals surface area (Å²) >= 11 is 0. The van der Waals surface area contributed by atoms with Crippen LogP contribution >= 0.6 is 24.0 Å². The number of guanidine groups is 1. The Morgan fingerprint density at radius 2 is 1.90 bits per heavy atom. The third kappa shape index (κ3) is 6.62. The van der Waals surface area contributed by atoms with Gasteiger partial charge in [-0.3, -0.25) is 14.8 Å². The summed E-state index contributed by atoms with van der Waals surface area (Å²) in [5.41, 5.74) is 1.17. The fourth-order valence-electron chi connectivity index (χ4n) is 3.92. The number of hydrogen-bond donors (Lipinski definition) is 1. The highest BCUT2D eigenvalue weighted by Gasteiger charge is 2.29. The molecule has 1 aliphatic carbocycles. The van der Waals surface area contributed by atoms with E-state index in [1.807, 2.05) is 19.2 Å².